The van der Waals surface area contributed by atoms with Gasteiger partial charge in [-0.15, -0.1) is 0 Å². The van der Waals surface area contributed by atoms with E-state index in [9.17, 15) is 8.42 Å². The SMILES string of the molecule is CCS(=O)(=O)c1c(N)nsc1N1CCCSCC1. The second kappa shape index (κ2) is 5.66. The van der Waals surface area contributed by atoms with Crippen molar-refractivity contribution in [2.24, 2.45) is 0 Å². The third kappa shape index (κ3) is 2.75. The molecule has 1 aliphatic heterocycles. The Kier molecular flexibility index (Phi) is 4.39. The summed E-state index contributed by atoms with van der Waals surface area (Å²) in [4.78, 5) is 2.35. The molecule has 5 nitrogen and oxygen atoms in total. The normalized spacial score (nSPS) is 17.7. The van der Waals surface area contributed by atoms with E-state index in [4.69, 9.17) is 5.73 Å². The fourth-order valence-corrected chi connectivity index (χ4v) is 5.12. The molecule has 1 aliphatic rings. The van der Waals surface area contributed by atoms with E-state index in [1.165, 1.54) is 11.5 Å². The third-order valence-electron chi connectivity index (χ3n) is 2.86. The van der Waals surface area contributed by atoms with E-state index in [-0.39, 0.29) is 16.5 Å². The highest BCUT2D eigenvalue weighted by Gasteiger charge is 2.27. The van der Waals surface area contributed by atoms with Crippen molar-refractivity contribution < 1.29 is 8.42 Å². The molecule has 1 aromatic rings. The lowest BCUT2D eigenvalue weighted by molar-refractivity contribution is 0.597. The largest absolute Gasteiger partial charge is 0.382 e. The number of thioether (sulfide) groups is 1. The van der Waals surface area contributed by atoms with Gasteiger partial charge < -0.3 is 10.6 Å². The van der Waals surface area contributed by atoms with Gasteiger partial charge in [0.25, 0.3) is 0 Å². The Morgan fingerprint density at radius 2 is 2.17 bits per heavy atom. The van der Waals surface area contributed by atoms with Crippen LogP contribution < -0.4 is 10.6 Å². The Balaban J connectivity index is 2.39. The van der Waals surface area contributed by atoms with Crippen LogP contribution in [-0.4, -0.2) is 43.1 Å². The van der Waals surface area contributed by atoms with Gasteiger partial charge in [-0.3, -0.25) is 0 Å². The molecule has 1 saturated heterocycles. The average molecular weight is 307 g/mol. The van der Waals surface area contributed by atoms with E-state index in [1.54, 1.807) is 6.92 Å². The molecule has 1 fully saturated rings. The monoisotopic (exact) mass is 307 g/mol. The molecule has 8 heteroatoms. The van der Waals surface area contributed by atoms with Crippen LogP contribution in [0.4, 0.5) is 10.8 Å². The number of nitrogens with zero attached hydrogens (tertiary/aromatic N) is 2. The number of aromatic nitrogens is 1. The van der Waals surface area contributed by atoms with Gasteiger partial charge in [0.1, 0.15) is 9.90 Å². The summed E-state index contributed by atoms with van der Waals surface area (Å²) < 4.78 is 28.2. The molecule has 2 rings (SSSR count). The van der Waals surface area contributed by atoms with Crippen LogP contribution in [0.25, 0.3) is 0 Å². The minimum Gasteiger partial charge on any atom is -0.382 e. The van der Waals surface area contributed by atoms with Gasteiger partial charge in [0.2, 0.25) is 0 Å². The molecule has 0 unspecified atom stereocenters. The van der Waals surface area contributed by atoms with Gasteiger partial charge in [-0.25, -0.2) is 8.42 Å². The molecular weight excluding hydrogens is 290 g/mol. The summed E-state index contributed by atoms with van der Waals surface area (Å²) in [7, 11) is -3.30. The molecule has 0 amide bonds. The summed E-state index contributed by atoms with van der Waals surface area (Å²) in [5.74, 6) is 2.35. The van der Waals surface area contributed by atoms with Crippen molar-refractivity contribution in [2.45, 2.75) is 18.2 Å². The van der Waals surface area contributed by atoms with Crippen LogP contribution in [0.15, 0.2) is 4.90 Å². The summed E-state index contributed by atoms with van der Waals surface area (Å²) in [6.45, 7) is 3.37. The quantitative estimate of drug-likeness (QED) is 0.911. The van der Waals surface area contributed by atoms with Crippen LogP contribution in [0.2, 0.25) is 0 Å². The van der Waals surface area contributed by atoms with Crippen molar-refractivity contribution in [3.8, 4) is 0 Å². The van der Waals surface area contributed by atoms with Gasteiger partial charge in [0.15, 0.2) is 15.7 Å². The second-order valence-electron chi connectivity index (χ2n) is 4.06. The molecule has 102 valence electrons. The first-order valence-electron chi connectivity index (χ1n) is 5.87. The van der Waals surface area contributed by atoms with Gasteiger partial charge in [-0.05, 0) is 23.7 Å². The van der Waals surface area contributed by atoms with E-state index in [2.05, 4.69) is 9.27 Å². The highest BCUT2D eigenvalue weighted by Crippen LogP contribution is 2.36. The van der Waals surface area contributed by atoms with Gasteiger partial charge in [-0.2, -0.15) is 16.1 Å². The Labute approximate surface area is 116 Å². The van der Waals surface area contributed by atoms with Crippen LogP contribution in [0, 0.1) is 0 Å². The topological polar surface area (TPSA) is 76.3 Å². The number of hydrogen-bond donors (Lipinski definition) is 1. The number of rotatable bonds is 3. The highest BCUT2D eigenvalue weighted by molar-refractivity contribution is 7.99. The number of anilines is 2. The zero-order valence-electron chi connectivity index (χ0n) is 10.3. The maximum atomic E-state index is 12.1. The molecular formula is C10H17N3O2S3. The molecule has 1 aromatic heterocycles. The lowest BCUT2D eigenvalue weighted by Crippen LogP contribution is -2.26. The predicted molar refractivity (Wildman–Crippen MR) is 78.4 cm³/mol. The van der Waals surface area contributed by atoms with E-state index < -0.39 is 9.84 Å². The van der Waals surface area contributed by atoms with Gasteiger partial charge in [-0.1, -0.05) is 6.92 Å². The maximum Gasteiger partial charge on any atom is 0.184 e. The zero-order valence-corrected chi connectivity index (χ0v) is 12.7. The smallest absolute Gasteiger partial charge is 0.184 e. The lowest BCUT2D eigenvalue weighted by Gasteiger charge is -2.21. The number of sulfone groups is 1. The van der Waals surface area contributed by atoms with E-state index in [0.717, 1.165) is 36.0 Å². The lowest BCUT2D eigenvalue weighted by atomic mass is 10.4. The molecule has 2 heterocycles. The Morgan fingerprint density at radius 1 is 1.39 bits per heavy atom. The Bertz CT molecular complexity index is 504. The first kappa shape index (κ1) is 14.0. The Morgan fingerprint density at radius 3 is 2.89 bits per heavy atom. The average Bonchev–Trinajstić information content (AvgIpc) is 2.58. The standard InChI is InChI=1S/C10H17N3O2S3/c1-2-18(14,15)8-9(11)12-17-10(8)13-4-3-6-16-7-5-13/h2-7H2,1H3,(H2,11,12). The van der Waals surface area contributed by atoms with Crippen molar-refractivity contribution in [2.75, 3.05) is 41.0 Å². The van der Waals surface area contributed by atoms with Crippen molar-refractivity contribution in [3.63, 3.8) is 0 Å². The zero-order chi connectivity index (χ0) is 13.2. The van der Waals surface area contributed by atoms with Gasteiger partial charge in [0.05, 0.1) is 5.75 Å². The molecule has 0 spiro atoms. The van der Waals surface area contributed by atoms with Crippen molar-refractivity contribution in [3.05, 3.63) is 0 Å². The molecule has 0 bridgehead atoms. The van der Waals surface area contributed by atoms with E-state index >= 15 is 0 Å². The van der Waals surface area contributed by atoms with E-state index in [1.807, 2.05) is 11.8 Å². The van der Waals surface area contributed by atoms with Crippen molar-refractivity contribution in [1.29, 1.82) is 0 Å². The van der Waals surface area contributed by atoms with Crippen LogP contribution in [0.5, 0.6) is 0 Å². The molecule has 0 aromatic carbocycles. The summed E-state index contributed by atoms with van der Waals surface area (Å²) >= 11 is 3.10. The minimum absolute atomic E-state index is 0.0607. The first-order valence-corrected chi connectivity index (χ1v) is 9.45. The third-order valence-corrected chi connectivity index (χ3v) is 6.74. The van der Waals surface area contributed by atoms with Crippen molar-refractivity contribution >= 4 is 44.0 Å². The van der Waals surface area contributed by atoms with Crippen LogP contribution in [0.1, 0.15) is 13.3 Å². The first-order chi connectivity index (χ1) is 8.56. The fraction of sp³-hybridized carbons (Fsp3) is 0.700. The predicted octanol–water partition coefficient (Wildman–Crippen LogP) is 1.46. The Hall–Kier alpha value is -0.470. The van der Waals surface area contributed by atoms with Gasteiger partial charge in [0, 0.05) is 18.8 Å². The number of hydrogen-bond acceptors (Lipinski definition) is 7. The molecule has 18 heavy (non-hydrogen) atoms. The van der Waals surface area contributed by atoms with Crippen LogP contribution >= 0.6 is 23.3 Å². The minimum atomic E-state index is -3.30. The van der Waals surface area contributed by atoms with E-state index in [0.29, 0.717) is 0 Å². The summed E-state index contributed by atoms with van der Waals surface area (Å²) in [5.41, 5.74) is 5.74. The van der Waals surface area contributed by atoms with Crippen LogP contribution in [0.3, 0.4) is 0 Å². The number of nitrogens with two attached hydrogens (primary N) is 1. The summed E-state index contributed by atoms with van der Waals surface area (Å²) in [5, 5.41) is 0.719. The fourth-order valence-electron chi connectivity index (χ4n) is 1.87. The summed E-state index contributed by atoms with van der Waals surface area (Å²) in [6.07, 6.45) is 1.06. The second-order valence-corrected chi connectivity index (χ2v) is 8.25. The molecule has 0 atom stereocenters. The molecule has 2 N–H and O–H groups in total. The van der Waals surface area contributed by atoms with Crippen molar-refractivity contribution in [1.82, 2.24) is 4.37 Å². The summed E-state index contributed by atoms with van der Waals surface area (Å²) in [6, 6.07) is 0. The molecule has 0 aliphatic carbocycles. The molecule has 0 radical (unpaired) electrons. The maximum absolute atomic E-state index is 12.1. The van der Waals surface area contributed by atoms with Crippen LogP contribution in [-0.2, 0) is 9.84 Å². The number of nitrogen functional groups attached to an aromatic ring is 1. The highest BCUT2D eigenvalue weighted by atomic mass is 32.2. The molecule has 0 saturated carbocycles. The van der Waals surface area contributed by atoms with Gasteiger partial charge >= 0.3 is 0 Å².